The smallest absolute Gasteiger partial charge is 0.273 e. The predicted octanol–water partition coefficient (Wildman–Crippen LogP) is 4.76. The van der Waals surface area contributed by atoms with Crippen LogP contribution in [0.4, 0.5) is 0 Å². The highest BCUT2D eigenvalue weighted by Crippen LogP contribution is 2.17. The molecule has 5 nitrogen and oxygen atoms in total. The van der Waals surface area contributed by atoms with Crippen molar-refractivity contribution < 1.29 is 14.3 Å². The van der Waals surface area contributed by atoms with Crippen molar-refractivity contribution >= 4 is 23.7 Å². The van der Waals surface area contributed by atoms with Crippen LogP contribution >= 0.6 is 11.6 Å². The average Bonchev–Trinajstić information content (AvgIpc) is 2.75. The van der Waals surface area contributed by atoms with Gasteiger partial charge in [-0.3, -0.25) is 4.79 Å². The summed E-state index contributed by atoms with van der Waals surface area (Å²) in [5.74, 6) is 0.405. The van der Waals surface area contributed by atoms with Gasteiger partial charge in [0.25, 0.3) is 5.91 Å². The van der Waals surface area contributed by atoms with Crippen LogP contribution in [0.2, 0.25) is 5.02 Å². The van der Waals surface area contributed by atoms with Crippen LogP contribution in [0.1, 0.15) is 22.8 Å². The largest absolute Gasteiger partial charge is 0.489 e. The van der Waals surface area contributed by atoms with Crippen LogP contribution in [0.3, 0.4) is 0 Å². The van der Waals surface area contributed by atoms with Crippen molar-refractivity contribution in [3.63, 3.8) is 0 Å². The molecule has 0 aliphatic rings. The number of hydrogen-bond acceptors (Lipinski definition) is 4. The second-order valence-electron chi connectivity index (χ2n) is 6.24. The van der Waals surface area contributed by atoms with E-state index in [9.17, 15) is 4.79 Å². The minimum absolute atomic E-state index is 0.335. The Balaban J connectivity index is 1.51. The maximum Gasteiger partial charge on any atom is 0.273 e. The molecule has 148 valence electrons. The molecule has 0 radical (unpaired) electrons. The highest BCUT2D eigenvalue weighted by molar-refractivity contribution is 6.30. The van der Waals surface area contributed by atoms with E-state index in [1.165, 1.54) is 7.11 Å². The lowest BCUT2D eigenvalue weighted by Gasteiger charge is -2.13. The monoisotopic (exact) mass is 408 g/mol. The minimum Gasteiger partial charge on any atom is -0.489 e. The van der Waals surface area contributed by atoms with E-state index in [2.05, 4.69) is 10.5 Å². The van der Waals surface area contributed by atoms with Crippen LogP contribution < -0.4 is 10.2 Å². The summed E-state index contributed by atoms with van der Waals surface area (Å²) >= 11 is 5.88. The van der Waals surface area contributed by atoms with Gasteiger partial charge < -0.3 is 9.47 Å². The highest BCUT2D eigenvalue weighted by atomic mass is 35.5. The molecular weight excluding hydrogens is 388 g/mol. The Labute approximate surface area is 174 Å². The third kappa shape index (κ3) is 6.17. The Kier molecular flexibility index (Phi) is 7.39. The summed E-state index contributed by atoms with van der Waals surface area (Å²) in [7, 11) is 1.49. The third-order valence-corrected chi connectivity index (χ3v) is 4.42. The molecule has 0 saturated carbocycles. The van der Waals surface area contributed by atoms with E-state index in [0.717, 1.165) is 22.4 Å². The molecule has 0 aliphatic carbocycles. The molecule has 0 fully saturated rings. The molecule has 0 saturated heterocycles. The van der Waals surface area contributed by atoms with Gasteiger partial charge in [0.2, 0.25) is 0 Å². The number of nitrogens with one attached hydrogen (secondary N) is 1. The molecule has 6 heteroatoms. The van der Waals surface area contributed by atoms with Gasteiger partial charge in [0.1, 0.15) is 12.4 Å². The Morgan fingerprint density at radius 1 is 1.03 bits per heavy atom. The van der Waals surface area contributed by atoms with E-state index >= 15 is 0 Å². The minimum atomic E-state index is -0.711. The highest BCUT2D eigenvalue weighted by Gasteiger charge is 2.18. The van der Waals surface area contributed by atoms with Gasteiger partial charge in [-0.05, 0) is 53.1 Å². The van der Waals surface area contributed by atoms with Gasteiger partial charge in [-0.1, -0.05) is 54.1 Å². The molecular formula is C23H21ClN2O3. The molecule has 0 aliphatic heterocycles. The summed E-state index contributed by atoms with van der Waals surface area (Å²) < 4.78 is 11.0. The van der Waals surface area contributed by atoms with Gasteiger partial charge in [0, 0.05) is 12.1 Å². The molecule has 0 heterocycles. The summed E-state index contributed by atoms with van der Waals surface area (Å²) in [6.07, 6.45) is 0.857. The SMILES string of the molecule is CO[C@H](C(=O)N/N=C\c1ccc(OCc2ccc(Cl)cc2)cc1)c1ccccc1. The Hall–Kier alpha value is -3.15. The van der Waals surface area contributed by atoms with E-state index in [4.69, 9.17) is 21.1 Å². The molecule has 3 aromatic rings. The number of rotatable bonds is 8. The topological polar surface area (TPSA) is 59.9 Å². The van der Waals surface area contributed by atoms with Crippen molar-refractivity contribution in [2.24, 2.45) is 5.10 Å². The number of benzene rings is 3. The fraction of sp³-hybridized carbons (Fsp3) is 0.130. The first-order chi connectivity index (χ1) is 14.2. The summed E-state index contributed by atoms with van der Waals surface area (Å²) in [6.45, 7) is 0.457. The first-order valence-electron chi connectivity index (χ1n) is 9.03. The number of carbonyl (C=O) groups is 1. The predicted molar refractivity (Wildman–Crippen MR) is 114 cm³/mol. The van der Waals surface area contributed by atoms with Crippen molar-refractivity contribution in [1.29, 1.82) is 0 Å². The number of hydrazone groups is 1. The quantitative estimate of drug-likeness (QED) is 0.432. The van der Waals surface area contributed by atoms with E-state index in [1.807, 2.05) is 78.9 Å². The zero-order valence-electron chi connectivity index (χ0n) is 15.9. The van der Waals surface area contributed by atoms with Crippen molar-refractivity contribution in [3.05, 3.63) is 101 Å². The molecule has 0 unspecified atom stereocenters. The van der Waals surface area contributed by atoms with Gasteiger partial charge in [-0.2, -0.15) is 5.10 Å². The number of nitrogens with zero attached hydrogens (tertiary/aromatic N) is 1. The molecule has 1 atom stereocenters. The lowest BCUT2D eigenvalue weighted by Crippen LogP contribution is -2.26. The molecule has 1 amide bonds. The maximum atomic E-state index is 12.3. The number of hydrogen-bond donors (Lipinski definition) is 1. The molecule has 0 bridgehead atoms. The van der Waals surface area contributed by atoms with Crippen molar-refractivity contribution in [2.75, 3.05) is 7.11 Å². The zero-order chi connectivity index (χ0) is 20.5. The van der Waals surface area contributed by atoms with E-state index in [-0.39, 0.29) is 5.91 Å². The Bertz CT molecular complexity index is 942. The molecule has 0 spiro atoms. The van der Waals surface area contributed by atoms with Crippen LogP contribution in [0.15, 0.2) is 84.0 Å². The van der Waals surface area contributed by atoms with E-state index < -0.39 is 6.10 Å². The van der Waals surface area contributed by atoms with Gasteiger partial charge >= 0.3 is 0 Å². The van der Waals surface area contributed by atoms with Crippen molar-refractivity contribution in [2.45, 2.75) is 12.7 Å². The van der Waals surface area contributed by atoms with Gasteiger partial charge in [0.05, 0.1) is 6.21 Å². The first-order valence-corrected chi connectivity index (χ1v) is 9.41. The number of carbonyl (C=O) groups excluding carboxylic acids is 1. The van der Waals surface area contributed by atoms with Crippen LogP contribution in [-0.4, -0.2) is 19.2 Å². The fourth-order valence-corrected chi connectivity index (χ4v) is 2.77. The maximum absolute atomic E-state index is 12.3. The fourth-order valence-electron chi connectivity index (χ4n) is 2.65. The lowest BCUT2D eigenvalue weighted by molar-refractivity contribution is -0.131. The Morgan fingerprint density at radius 2 is 1.72 bits per heavy atom. The second kappa shape index (κ2) is 10.4. The van der Waals surface area contributed by atoms with E-state index in [1.54, 1.807) is 6.21 Å². The van der Waals surface area contributed by atoms with Crippen LogP contribution in [0.5, 0.6) is 5.75 Å². The molecule has 0 aromatic heterocycles. The standard InChI is InChI=1S/C23H21ClN2O3/c1-28-22(19-5-3-2-4-6-19)23(27)26-25-15-17-9-13-21(14-10-17)29-16-18-7-11-20(24)12-8-18/h2-15,22H,16H2,1H3,(H,26,27)/b25-15-/t22-/m0/s1. The number of ether oxygens (including phenoxy) is 2. The summed E-state index contributed by atoms with van der Waals surface area (Å²) in [5, 5.41) is 4.71. The van der Waals surface area contributed by atoms with Crippen molar-refractivity contribution in [3.8, 4) is 5.75 Å². The molecule has 3 rings (SSSR count). The normalized spacial score (nSPS) is 11.9. The summed E-state index contributed by atoms with van der Waals surface area (Å²) in [4.78, 5) is 12.3. The van der Waals surface area contributed by atoms with Gasteiger partial charge in [0.15, 0.2) is 6.10 Å². The second-order valence-corrected chi connectivity index (χ2v) is 6.68. The lowest BCUT2D eigenvalue weighted by atomic mass is 10.1. The average molecular weight is 409 g/mol. The molecule has 29 heavy (non-hydrogen) atoms. The van der Waals surface area contributed by atoms with Crippen molar-refractivity contribution in [1.82, 2.24) is 5.43 Å². The van der Waals surface area contributed by atoms with Gasteiger partial charge in [-0.15, -0.1) is 0 Å². The van der Waals surface area contributed by atoms with Crippen LogP contribution in [0.25, 0.3) is 0 Å². The summed E-state index contributed by atoms with van der Waals surface area (Å²) in [6, 6.07) is 24.2. The molecule has 3 aromatic carbocycles. The van der Waals surface area contributed by atoms with Crippen LogP contribution in [-0.2, 0) is 16.1 Å². The molecule has 1 N–H and O–H groups in total. The zero-order valence-corrected chi connectivity index (χ0v) is 16.7. The van der Waals surface area contributed by atoms with Crippen LogP contribution in [0, 0.1) is 0 Å². The van der Waals surface area contributed by atoms with Gasteiger partial charge in [-0.25, -0.2) is 5.43 Å². The third-order valence-electron chi connectivity index (χ3n) is 4.16. The number of amides is 1. The summed E-state index contributed by atoms with van der Waals surface area (Å²) in [5.41, 5.74) is 5.15. The first kappa shape index (κ1) is 20.6. The van der Waals surface area contributed by atoms with E-state index in [0.29, 0.717) is 11.6 Å². The number of methoxy groups -OCH3 is 1. The Morgan fingerprint density at radius 3 is 2.38 bits per heavy atom. The number of halogens is 1.